The van der Waals surface area contributed by atoms with Crippen LogP contribution in [0.5, 0.6) is 11.6 Å². The van der Waals surface area contributed by atoms with Crippen LogP contribution < -0.4 is 4.74 Å². The summed E-state index contributed by atoms with van der Waals surface area (Å²) in [4.78, 5) is 7.15. The van der Waals surface area contributed by atoms with Gasteiger partial charge >= 0.3 is 0 Å². The Morgan fingerprint density at radius 1 is 1.21 bits per heavy atom. The summed E-state index contributed by atoms with van der Waals surface area (Å²) in [6.07, 6.45) is 1.09. The van der Waals surface area contributed by atoms with E-state index in [1.54, 1.807) is 6.92 Å². The average Bonchev–Trinajstić information content (AvgIpc) is 2.38. The Morgan fingerprint density at radius 3 is 2.37 bits per heavy atom. The van der Waals surface area contributed by atoms with Crippen LogP contribution in [0.1, 0.15) is 5.82 Å². The molecule has 0 saturated heterocycles. The van der Waals surface area contributed by atoms with Gasteiger partial charge in [0.2, 0.25) is 15.7 Å². The van der Waals surface area contributed by atoms with E-state index in [1.807, 2.05) is 0 Å². The highest BCUT2D eigenvalue weighted by Crippen LogP contribution is 2.27. The minimum absolute atomic E-state index is 0.0380. The zero-order chi connectivity index (χ0) is 14.0. The molecule has 19 heavy (non-hydrogen) atoms. The molecule has 0 aliphatic heterocycles. The summed E-state index contributed by atoms with van der Waals surface area (Å²) in [7, 11) is -2.35. The molecular formula is C12H12N2O4S. The second-order valence-electron chi connectivity index (χ2n) is 3.78. The van der Waals surface area contributed by atoms with E-state index in [0.29, 0.717) is 11.6 Å². The second-order valence-corrected chi connectivity index (χ2v) is 5.70. The molecule has 7 heteroatoms. The van der Waals surface area contributed by atoms with E-state index in [-0.39, 0.29) is 9.79 Å². The minimum atomic E-state index is -3.84. The standard InChI is InChI=1S/C12H12N2O4S/c1-8-13-7-11(12(15)14-8)19(16,17)10-5-3-9(18-2)4-6-10/h3-7H,1-2H3,(H,13,14,15). The third-order valence-electron chi connectivity index (χ3n) is 2.52. The van der Waals surface area contributed by atoms with Gasteiger partial charge in [0, 0.05) is 0 Å². The van der Waals surface area contributed by atoms with E-state index in [0.717, 1.165) is 6.20 Å². The molecule has 0 amide bonds. The Labute approximate surface area is 110 Å². The zero-order valence-corrected chi connectivity index (χ0v) is 11.2. The highest BCUT2D eigenvalue weighted by molar-refractivity contribution is 7.91. The van der Waals surface area contributed by atoms with Gasteiger partial charge in [0.05, 0.1) is 18.2 Å². The number of hydrogen-bond donors (Lipinski definition) is 1. The summed E-state index contributed by atoms with van der Waals surface area (Å²) >= 11 is 0. The summed E-state index contributed by atoms with van der Waals surface area (Å²) in [6.45, 7) is 1.56. The zero-order valence-electron chi connectivity index (χ0n) is 10.4. The lowest BCUT2D eigenvalue weighted by Gasteiger charge is -2.06. The lowest BCUT2D eigenvalue weighted by molar-refractivity contribution is 0.414. The van der Waals surface area contributed by atoms with E-state index in [1.165, 1.54) is 31.4 Å². The molecule has 6 nitrogen and oxygen atoms in total. The lowest BCUT2D eigenvalue weighted by Crippen LogP contribution is -2.05. The van der Waals surface area contributed by atoms with Crippen molar-refractivity contribution >= 4 is 9.84 Å². The van der Waals surface area contributed by atoms with Crippen molar-refractivity contribution in [2.45, 2.75) is 16.7 Å². The normalized spacial score (nSPS) is 11.3. The van der Waals surface area contributed by atoms with Crippen LogP contribution in [0.3, 0.4) is 0 Å². The predicted octanol–water partition coefficient (Wildman–Crippen LogP) is 1.33. The molecule has 0 radical (unpaired) electrons. The van der Waals surface area contributed by atoms with Gasteiger partial charge in [0.15, 0.2) is 4.90 Å². The Morgan fingerprint density at radius 2 is 1.84 bits per heavy atom. The lowest BCUT2D eigenvalue weighted by atomic mass is 10.3. The number of aromatic nitrogens is 2. The van der Waals surface area contributed by atoms with Crippen LogP contribution in [0.15, 0.2) is 40.3 Å². The van der Waals surface area contributed by atoms with E-state index < -0.39 is 15.7 Å². The fourth-order valence-electron chi connectivity index (χ4n) is 1.52. The van der Waals surface area contributed by atoms with Crippen molar-refractivity contribution in [3.05, 3.63) is 36.3 Å². The Kier molecular flexibility index (Phi) is 3.39. The van der Waals surface area contributed by atoms with Crippen LogP contribution in [0.2, 0.25) is 0 Å². The van der Waals surface area contributed by atoms with Crippen molar-refractivity contribution in [2.75, 3.05) is 7.11 Å². The van der Waals surface area contributed by atoms with Crippen LogP contribution in [-0.2, 0) is 9.84 Å². The molecule has 0 unspecified atom stereocenters. The number of aromatic hydroxyl groups is 1. The average molecular weight is 280 g/mol. The summed E-state index contributed by atoms with van der Waals surface area (Å²) in [5, 5.41) is 9.63. The van der Waals surface area contributed by atoms with Crippen LogP contribution >= 0.6 is 0 Å². The smallest absolute Gasteiger partial charge is 0.233 e. The number of aryl methyl sites for hydroxylation is 1. The van der Waals surface area contributed by atoms with Gasteiger partial charge in [-0.1, -0.05) is 0 Å². The molecule has 0 aliphatic rings. The number of hydrogen-bond acceptors (Lipinski definition) is 6. The highest BCUT2D eigenvalue weighted by atomic mass is 32.2. The third-order valence-corrected chi connectivity index (χ3v) is 4.28. The van der Waals surface area contributed by atoms with Crippen LogP contribution in [0, 0.1) is 6.92 Å². The van der Waals surface area contributed by atoms with E-state index in [9.17, 15) is 13.5 Å². The molecule has 0 spiro atoms. The van der Waals surface area contributed by atoms with Gasteiger partial charge in [-0.3, -0.25) is 0 Å². The van der Waals surface area contributed by atoms with Crippen LogP contribution in [-0.4, -0.2) is 30.6 Å². The Hall–Kier alpha value is -2.15. The van der Waals surface area contributed by atoms with Crippen molar-refractivity contribution in [1.29, 1.82) is 0 Å². The molecular weight excluding hydrogens is 268 g/mol. The molecule has 0 atom stereocenters. The monoisotopic (exact) mass is 280 g/mol. The summed E-state index contributed by atoms with van der Waals surface area (Å²) in [5.74, 6) is 0.290. The number of methoxy groups -OCH3 is 1. The maximum absolute atomic E-state index is 12.3. The van der Waals surface area contributed by atoms with E-state index in [4.69, 9.17) is 4.74 Å². The second kappa shape index (κ2) is 4.85. The van der Waals surface area contributed by atoms with Gasteiger partial charge in [-0.15, -0.1) is 0 Å². The molecule has 2 aromatic rings. The van der Waals surface area contributed by atoms with Crippen molar-refractivity contribution in [3.63, 3.8) is 0 Å². The topological polar surface area (TPSA) is 89.4 Å². The first kappa shape index (κ1) is 13.3. The number of nitrogens with zero attached hydrogens (tertiary/aromatic N) is 2. The number of sulfone groups is 1. The molecule has 0 fully saturated rings. The first-order chi connectivity index (χ1) is 8.95. The molecule has 1 aromatic heterocycles. The van der Waals surface area contributed by atoms with Gasteiger partial charge in [-0.25, -0.2) is 13.4 Å². The van der Waals surface area contributed by atoms with Gasteiger partial charge in [0.25, 0.3) is 0 Å². The summed E-state index contributed by atoms with van der Waals surface area (Å²) < 4.78 is 29.5. The molecule has 1 N–H and O–H groups in total. The Bertz CT molecular complexity index is 696. The molecule has 0 saturated carbocycles. The van der Waals surface area contributed by atoms with E-state index in [2.05, 4.69) is 9.97 Å². The van der Waals surface area contributed by atoms with Crippen molar-refractivity contribution in [2.24, 2.45) is 0 Å². The maximum Gasteiger partial charge on any atom is 0.233 e. The van der Waals surface area contributed by atoms with Gasteiger partial charge in [-0.2, -0.15) is 4.98 Å². The number of ether oxygens (including phenoxy) is 1. The van der Waals surface area contributed by atoms with Crippen molar-refractivity contribution in [1.82, 2.24) is 9.97 Å². The van der Waals surface area contributed by atoms with Crippen LogP contribution in [0.4, 0.5) is 0 Å². The fourth-order valence-corrected chi connectivity index (χ4v) is 2.74. The van der Waals surface area contributed by atoms with Gasteiger partial charge in [-0.05, 0) is 31.2 Å². The number of rotatable bonds is 3. The quantitative estimate of drug-likeness (QED) is 0.912. The van der Waals surface area contributed by atoms with E-state index >= 15 is 0 Å². The SMILES string of the molecule is COc1ccc(S(=O)(=O)c2cnc(C)nc2O)cc1. The van der Waals surface area contributed by atoms with Crippen molar-refractivity contribution < 1.29 is 18.3 Å². The van der Waals surface area contributed by atoms with Crippen LogP contribution in [0.25, 0.3) is 0 Å². The largest absolute Gasteiger partial charge is 0.497 e. The molecule has 0 bridgehead atoms. The van der Waals surface area contributed by atoms with Gasteiger partial charge in [0.1, 0.15) is 11.6 Å². The van der Waals surface area contributed by atoms with Crippen molar-refractivity contribution in [3.8, 4) is 11.6 Å². The minimum Gasteiger partial charge on any atom is -0.497 e. The molecule has 1 aromatic carbocycles. The maximum atomic E-state index is 12.3. The Balaban J connectivity index is 2.52. The third kappa shape index (κ3) is 2.50. The highest BCUT2D eigenvalue weighted by Gasteiger charge is 2.23. The summed E-state index contributed by atoms with van der Waals surface area (Å²) in [5.41, 5.74) is 0. The van der Waals surface area contributed by atoms with Gasteiger partial charge < -0.3 is 9.84 Å². The fraction of sp³-hybridized carbons (Fsp3) is 0.167. The first-order valence-corrected chi connectivity index (χ1v) is 6.85. The molecule has 0 aliphatic carbocycles. The molecule has 100 valence electrons. The summed E-state index contributed by atoms with van der Waals surface area (Å²) in [6, 6.07) is 5.85. The molecule has 1 heterocycles. The molecule has 2 rings (SSSR count). The first-order valence-electron chi connectivity index (χ1n) is 5.37. The predicted molar refractivity (Wildman–Crippen MR) is 66.9 cm³/mol. The number of benzene rings is 1.